The van der Waals surface area contributed by atoms with E-state index in [1.807, 2.05) is 29.7 Å². The molecule has 0 aliphatic heterocycles. The number of aromatic nitrogens is 2. The first-order valence-corrected chi connectivity index (χ1v) is 7.36. The quantitative estimate of drug-likeness (QED) is 0.789. The molecule has 0 aliphatic rings. The van der Waals surface area contributed by atoms with E-state index in [0.29, 0.717) is 0 Å². The van der Waals surface area contributed by atoms with Crippen molar-refractivity contribution in [1.82, 2.24) is 9.38 Å². The summed E-state index contributed by atoms with van der Waals surface area (Å²) in [5.41, 5.74) is 6.07. The van der Waals surface area contributed by atoms with E-state index in [1.54, 1.807) is 6.92 Å². The minimum absolute atomic E-state index is 0.567. The fraction of sp³-hybridized carbons (Fsp3) is 0.278. The van der Waals surface area contributed by atoms with Gasteiger partial charge in [0, 0.05) is 11.8 Å². The van der Waals surface area contributed by atoms with Crippen LogP contribution in [0.1, 0.15) is 36.8 Å². The van der Waals surface area contributed by atoms with Gasteiger partial charge in [0.05, 0.1) is 17.5 Å². The predicted molar refractivity (Wildman–Crippen MR) is 85.4 cm³/mol. The van der Waals surface area contributed by atoms with Crippen molar-refractivity contribution in [2.24, 2.45) is 0 Å². The Labute approximate surface area is 124 Å². The summed E-state index contributed by atoms with van der Waals surface area (Å²) in [6, 6.07) is 12.4. The Hall–Kier alpha value is -2.13. The number of pyridine rings is 1. The number of rotatable bonds is 3. The van der Waals surface area contributed by atoms with Crippen molar-refractivity contribution < 1.29 is 5.11 Å². The minimum atomic E-state index is -0.567. The molecule has 1 atom stereocenters. The second-order valence-electron chi connectivity index (χ2n) is 5.51. The van der Waals surface area contributed by atoms with Gasteiger partial charge < -0.3 is 9.51 Å². The van der Waals surface area contributed by atoms with Gasteiger partial charge in [0.2, 0.25) is 0 Å². The van der Waals surface area contributed by atoms with Crippen LogP contribution >= 0.6 is 0 Å². The molecule has 1 N–H and O–H groups in total. The maximum Gasteiger partial charge on any atom is 0.137 e. The second-order valence-corrected chi connectivity index (χ2v) is 5.51. The Morgan fingerprint density at radius 1 is 1.14 bits per heavy atom. The maximum atomic E-state index is 10.2. The van der Waals surface area contributed by atoms with Gasteiger partial charge in [-0.05, 0) is 37.5 Å². The zero-order chi connectivity index (χ0) is 15.0. The van der Waals surface area contributed by atoms with Crippen molar-refractivity contribution in [2.45, 2.75) is 33.3 Å². The highest BCUT2D eigenvalue weighted by molar-refractivity contribution is 5.67. The SMILES string of the molecule is CCc1ccc(-c2nc3ccc(C)cn3c2C(C)O)cc1. The van der Waals surface area contributed by atoms with Gasteiger partial charge in [0.15, 0.2) is 0 Å². The van der Waals surface area contributed by atoms with Gasteiger partial charge in [-0.25, -0.2) is 4.98 Å². The molecule has 2 aromatic heterocycles. The van der Waals surface area contributed by atoms with Crippen LogP contribution in [-0.2, 0) is 6.42 Å². The Morgan fingerprint density at radius 2 is 1.86 bits per heavy atom. The van der Waals surface area contributed by atoms with Crippen LogP contribution in [0.2, 0.25) is 0 Å². The van der Waals surface area contributed by atoms with Gasteiger partial charge in [-0.15, -0.1) is 0 Å². The number of hydrogen-bond donors (Lipinski definition) is 1. The molecule has 0 saturated heterocycles. The first-order valence-electron chi connectivity index (χ1n) is 7.36. The highest BCUT2D eigenvalue weighted by Gasteiger charge is 2.17. The lowest BCUT2D eigenvalue weighted by molar-refractivity contribution is 0.194. The molecule has 108 valence electrons. The number of fused-ring (bicyclic) bond motifs is 1. The van der Waals surface area contributed by atoms with E-state index in [9.17, 15) is 5.11 Å². The number of imidazole rings is 1. The van der Waals surface area contributed by atoms with Gasteiger partial charge in [-0.2, -0.15) is 0 Å². The zero-order valence-corrected chi connectivity index (χ0v) is 12.7. The Morgan fingerprint density at radius 3 is 2.48 bits per heavy atom. The zero-order valence-electron chi connectivity index (χ0n) is 12.7. The van der Waals surface area contributed by atoms with Crippen LogP contribution in [-0.4, -0.2) is 14.5 Å². The topological polar surface area (TPSA) is 37.5 Å². The average molecular weight is 280 g/mol. The lowest BCUT2D eigenvalue weighted by Crippen LogP contribution is -1.99. The third-order valence-electron chi connectivity index (χ3n) is 3.83. The van der Waals surface area contributed by atoms with Crippen LogP contribution in [0.25, 0.3) is 16.9 Å². The van der Waals surface area contributed by atoms with Gasteiger partial charge in [-0.1, -0.05) is 37.3 Å². The lowest BCUT2D eigenvalue weighted by Gasteiger charge is -2.08. The van der Waals surface area contributed by atoms with Crippen LogP contribution < -0.4 is 0 Å². The maximum absolute atomic E-state index is 10.2. The number of hydrogen-bond acceptors (Lipinski definition) is 2. The monoisotopic (exact) mass is 280 g/mol. The molecular weight excluding hydrogens is 260 g/mol. The van der Waals surface area contributed by atoms with Crippen LogP contribution in [0.5, 0.6) is 0 Å². The smallest absolute Gasteiger partial charge is 0.137 e. The number of benzene rings is 1. The van der Waals surface area contributed by atoms with Crippen LogP contribution in [0.4, 0.5) is 0 Å². The van der Waals surface area contributed by atoms with E-state index in [2.05, 4.69) is 31.2 Å². The summed E-state index contributed by atoms with van der Waals surface area (Å²) in [6.07, 6.45) is 2.48. The molecule has 21 heavy (non-hydrogen) atoms. The minimum Gasteiger partial charge on any atom is -0.387 e. The van der Waals surface area contributed by atoms with Gasteiger partial charge >= 0.3 is 0 Å². The molecule has 1 aromatic carbocycles. The van der Waals surface area contributed by atoms with E-state index < -0.39 is 6.10 Å². The molecule has 0 spiro atoms. The number of nitrogens with zero attached hydrogens (tertiary/aromatic N) is 2. The summed E-state index contributed by atoms with van der Waals surface area (Å²) in [4.78, 5) is 4.70. The number of aliphatic hydroxyl groups is 1. The Balaban J connectivity index is 2.23. The number of aliphatic hydroxyl groups excluding tert-OH is 1. The summed E-state index contributed by atoms with van der Waals surface area (Å²) in [7, 11) is 0. The molecule has 1 unspecified atom stereocenters. The molecule has 0 saturated carbocycles. The van der Waals surface area contributed by atoms with Crippen molar-refractivity contribution >= 4 is 5.65 Å². The molecule has 3 rings (SSSR count). The largest absolute Gasteiger partial charge is 0.387 e. The summed E-state index contributed by atoms with van der Waals surface area (Å²) < 4.78 is 1.99. The van der Waals surface area contributed by atoms with Crippen molar-refractivity contribution in [2.75, 3.05) is 0 Å². The highest BCUT2D eigenvalue weighted by Crippen LogP contribution is 2.29. The average Bonchev–Trinajstić information content (AvgIpc) is 2.86. The summed E-state index contributed by atoms with van der Waals surface area (Å²) >= 11 is 0. The summed E-state index contributed by atoms with van der Waals surface area (Å²) in [5, 5.41) is 10.2. The van der Waals surface area contributed by atoms with E-state index in [1.165, 1.54) is 5.56 Å². The van der Waals surface area contributed by atoms with Crippen LogP contribution in [0, 0.1) is 6.92 Å². The van der Waals surface area contributed by atoms with E-state index in [-0.39, 0.29) is 0 Å². The van der Waals surface area contributed by atoms with Crippen molar-refractivity contribution in [1.29, 1.82) is 0 Å². The predicted octanol–water partition coefficient (Wildman–Crippen LogP) is 3.93. The van der Waals surface area contributed by atoms with Crippen LogP contribution in [0.3, 0.4) is 0 Å². The molecule has 0 amide bonds. The normalized spacial score (nSPS) is 12.8. The molecule has 2 heterocycles. The van der Waals surface area contributed by atoms with Crippen molar-refractivity contribution in [3.05, 3.63) is 59.4 Å². The molecule has 0 fully saturated rings. The fourth-order valence-corrected chi connectivity index (χ4v) is 2.68. The first kappa shape index (κ1) is 13.8. The highest BCUT2D eigenvalue weighted by atomic mass is 16.3. The van der Waals surface area contributed by atoms with Gasteiger partial charge in [0.25, 0.3) is 0 Å². The Kier molecular flexibility index (Phi) is 3.52. The van der Waals surface area contributed by atoms with E-state index in [0.717, 1.165) is 34.6 Å². The Bertz CT molecular complexity index is 770. The molecule has 0 bridgehead atoms. The van der Waals surface area contributed by atoms with Gasteiger partial charge in [0.1, 0.15) is 5.65 Å². The molecule has 0 aliphatic carbocycles. The molecule has 3 aromatic rings. The fourth-order valence-electron chi connectivity index (χ4n) is 2.68. The summed E-state index contributed by atoms with van der Waals surface area (Å²) in [6.45, 7) is 5.97. The van der Waals surface area contributed by atoms with Crippen molar-refractivity contribution in [3.8, 4) is 11.3 Å². The van der Waals surface area contributed by atoms with Crippen LogP contribution in [0.15, 0.2) is 42.6 Å². The standard InChI is InChI=1S/C18H20N2O/c1-4-14-6-8-15(9-7-14)17-18(13(3)21)20-11-12(2)5-10-16(20)19-17/h5-11,13,21H,4H2,1-3H3. The molecule has 3 heteroatoms. The van der Waals surface area contributed by atoms with Crippen molar-refractivity contribution in [3.63, 3.8) is 0 Å². The lowest BCUT2D eigenvalue weighted by atomic mass is 10.0. The third kappa shape index (κ3) is 2.45. The molecule has 3 nitrogen and oxygen atoms in total. The van der Waals surface area contributed by atoms with E-state index >= 15 is 0 Å². The molecular formula is C18H20N2O. The molecule has 0 radical (unpaired) electrons. The second kappa shape index (κ2) is 5.34. The van der Waals surface area contributed by atoms with E-state index in [4.69, 9.17) is 4.98 Å². The number of aryl methyl sites for hydroxylation is 2. The third-order valence-corrected chi connectivity index (χ3v) is 3.83. The summed E-state index contributed by atoms with van der Waals surface area (Å²) in [5.74, 6) is 0. The van der Waals surface area contributed by atoms with Gasteiger partial charge in [-0.3, -0.25) is 0 Å². The first-order chi connectivity index (χ1) is 10.1.